The number of ketones is 1. The molecule has 0 heterocycles. The average Bonchev–Trinajstić information content (AvgIpc) is 2.28. The Kier molecular flexibility index (Phi) is 6.48. The average molecular weight is 413 g/mol. The number of benzene rings is 1. The summed E-state index contributed by atoms with van der Waals surface area (Å²) in [4.78, 5) is 10.4. The summed E-state index contributed by atoms with van der Waals surface area (Å²) >= 11 is 1.70. The molecule has 1 rings (SSSR count). The van der Waals surface area contributed by atoms with Crippen molar-refractivity contribution in [3.63, 3.8) is 0 Å². The lowest BCUT2D eigenvalue weighted by molar-refractivity contribution is -0.0346. The van der Waals surface area contributed by atoms with E-state index in [0.717, 1.165) is 18.2 Å². The van der Waals surface area contributed by atoms with Crippen molar-refractivity contribution in [1.82, 2.24) is 0 Å². The van der Waals surface area contributed by atoms with E-state index in [1.165, 1.54) is 0 Å². The van der Waals surface area contributed by atoms with Crippen molar-refractivity contribution >= 4 is 45.2 Å². The number of thioether (sulfide) groups is 2. The largest absolute Gasteiger partial charge is 0.446 e. The van der Waals surface area contributed by atoms with Gasteiger partial charge in [0.05, 0.1) is 0 Å². The SMILES string of the molecule is O=C(CCBr)c1ccc(SC(F)(F)F)c(SC(F)(F)F)c1. The highest BCUT2D eigenvalue weighted by molar-refractivity contribution is 9.09. The maximum atomic E-state index is 12.4. The highest BCUT2D eigenvalue weighted by Crippen LogP contribution is 2.46. The first kappa shape index (κ1) is 18.7. The summed E-state index contributed by atoms with van der Waals surface area (Å²) in [6.07, 6.45) is 0.0435. The van der Waals surface area contributed by atoms with E-state index in [9.17, 15) is 31.1 Å². The summed E-state index contributed by atoms with van der Waals surface area (Å²) in [5.41, 5.74) is -9.49. The van der Waals surface area contributed by atoms with E-state index in [2.05, 4.69) is 15.9 Å². The van der Waals surface area contributed by atoms with Gasteiger partial charge in [0.1, 0.15) is 0 Å². The van der Waals surface area contributed by atoms with Crippen molar-refractivity contribution in [3.05, 3.63) is 23.8 Å². The Bertz CT molecular complexity index is 514. The number of carbonyl (C=O) groups is 1. The molecule has 0 amide bonds. The summed E-state index contributed by atoms with van der Waals surface area (Å²) in [6, 6.07) is 2.82. The van der Waals surface area contributed by atoms with E-state index in [1.54, 1.807) is 0 Å². The van der Waals surface area contributed by atoms with Gasteiger partial charge in [0.25, 0.3) is 0 Å². The molecule has 0 aliphatic carbocycles. The normalized spacial score (nSPS) is 12.5. The maximum Gasteiger partial charge on any atom is 0.446 e. The molecule has 0 spiro atoms. The molecule has 1 aromatic rings. The van der Waals surface area contributed by atoms with Crippen LogP contribution in [0.4, 0.5) is 26.3 Å². The standard InChI is InChI=1S/C11H7BrF6OS2/c12-4-3-7(19)6-1-2-8(20-10(13,14)15)9(5-6)21-11(16,17)18/h1-2,5H,3-4H2. The number of carbonyl (C=O) groups excluding carboxylic acids is 1. The van der Waals surface area contributed by atoms with Crippen molar-refractivity contribution in [2.75, 3.05) is 5.33 Å². The summed E-state index contributed by atoms with van der Waals surface area (Å²) in [5, 5.41) is 0.312. The Hall–Kier alpha value is -0.350. The molecule has 0 bridgehead atoms. The first-order valence-electron chi connectivity index (χ1n) is 5.26. The van der Waals surface area contributed by atoms with Gasteiger partial charge in [-0.05, 0) is 35.7 Å². The third-order valence-electron chi connectivity index (χ3n) is 2.04. The Labute approximate surface area is 133 Å². The smallest absolute Gasteiger partial charge is 0.294 e. The van der Waals surface area contributed by atoms with Gasteiger partial charge in [-0.3, -0.25) is 4.79 Å². The van der Waals surface area contributed by atoms with Crippen LogP contribution >= 0.6 is 39.5 Å². The molecule has 0 fully saturated rings. The van der Waals surface area contributed by atoms with Crippen molar-refractivity contribution in [3.8, 4) is 0 Å². The molecule has 10 heteroatoms. The number of hydrogen-bond acceptors (Lipinski definition) is 3. The van der Waals surface area contributed by atoms with E-state index in [1.807, 2.05) is 0 Å². The predicted molar refractivity (Wildman–Crippen MR) is 73.0 cm³/mol. The molecule has 1 aromatic carbocycles. The summed E-state index contributed by atoms with van der Waals surface area (Å²) in [5.74, 6) is -0.445. The topological polar surface area (TPSA) is 17.1 Å². The van der Waals surface area contributed by atoms with Crippen molar-refractivity contribution in [1.29, 1.82) is 0 Å². The Balaban J connectivity index is 3.16. The lowest BCUT2D eigenvalue weighted by Crippen LogP contribution is -2.05. The molecular formula is C11H7BrF6OS2. The first-order valence-corrected chi connectivity index (χ1v) is 8.02. The fourth-order valence-corrected chi connectivity index (χ4v) is 3.08. The molecule has 0 aliphatic heterocycles. The molecule has 0 aliphatic rings. The summed E-state index contributed by atoms with van der Waals surface area (Å²) in [6.45, 7) is 0. The second-order valence-electron chi connectivity index (χ2n) is 3.62. The van der Waals surface area contributed by atoms with Gasteiger partial charge in [-0.25, -0.2) is 0 Å². The van der Waals surface area contributed by atoms with E-state index < -0.39 is 50.1 Å². The predicted octanol–water partition coefficient (Wildman–Crippen LogP) is 5.88. The van der Waals surface area contributed by atoms with Crippen LogP contribution < -0.4 is 0 Å². The molecular weight excluding hydrogens is 406 g/mol. The van der Waals surface area contributed by atoms with E-state index >= 15 is 0 Å². The lowest BCUT2D eigenvalue weighted by Gasteiger charge is -2.13. The second-order valence-corrected chi connectivity index (χ2v) is 6.63. The minimum atomic E-state index is -4.74. The van der Waals surface area contributed by atoms with Gasteiger partial charge in [-0.1, -0.05) is 22.0 Å². The van der Waals surface area contributed by atoms with Crippen LogP contribution in [0.3, 0.4) is 0 Å². The second kappa shape index (κ2) is 7.28. The number of rotatable bonds is 5. The molecule has 0 saturated heterocycles. The van der Waals surface area contributed by atoms with Crippen LogP contribution in [0.2, 0.25) is 0 Å². The van der Waals surface area contributed by atoms with Gasteiger partial charge < -0.3 is 0 Å². The Morgan fingerprint density at radius 3 is 2.00 bits per heavy atom. The van der Waals surface area contributed by atoms with Gasteiger partial charge in [0.15, 0.2) is 5.78 Å². The van der Waals surface area contributed by atoms with Gasteiger partial charge in [-0.2, -0.15) is 26.3 Å². The molecule has 0 saturated carbocycles. The fraction of sp³-hybridized carbons (Fsp3) is 0.364. The minimum absolute atomic E-state index is 0.0435. The van der Waals surface area contributed by atoms with Crippen LogP contribution in [0.1, 0.15) is 16.8 Å². The van der Waals surface area contributed by atoms with Crippen LogP contribution in [0.5, 0.6) is 0 Å². The lowest BCUT2D eigenvalue weighted by atomic mass is 10.1. The van der Waals surface area contributed by atoms with Gasteiger partial charge >= 0.3 is 11.0 Å². The number of alkyl halides is 7. The van der Waals surface area contributed by atoms with Crippen molar-refractivity contribution < 1.29 is 31.1 Å². The van der Waals surface area contributed by atoms with Gasteiger partial charge in [-0.15, -0.1) is 0 Å². The third kappa shape index (κ3) is 6.96. The molecule has 0 unspecified atom stereocenters. The quantitative estimate of drug-likeness (QED) is 0.260. The molecule has 0 atom stereocenters. The van der Waals surface area contributed by atoms with Crippen LogP contribution in [0.25, 0.3) is 0 Å². The third-order valence-corrected chi connectivity index (χ3v) is 4.16. The van der Waals surface area contributed by atoms with Crippen LogP contribution in [-0.2, 0) is 0 Å². The molecule has 0 aromatic heterocycles. The van der Waals surface area contributed by atoms with Crippen molar-refractivity contribution in [2.45, 2.75) is 27.2 Å². The molecule has 0 N–H and O–H groups in total. The van der Waals surface area contributed by atoms with Gasteiger partial charge in [0, 0.05) is 27.1 Å². The minimum Gasteiger partial charge on any atom is -0.294 e. The molecule has 21 heavy (non-hydrogen) atoms. The van der Waals surface area contributed by atoms with E-state index in [0.29, 0.717) is 5.33 Å². The highest BCUT2D eigenvalue weighted by Gasteiger charge is 2.35. The van der Waals surface area contributed by atoms with Crippen molar-refractivity contribution in [2.24, 2.45) is 0 Å². The number of hydrogen-bond donors (Lipinski definition) is 0. The summed E-state index contributed by atoms with van der Waals surface area (Å²) in [7, 11) is 0. The monoisotopic (exact) mass is 412 g/mol. The van der Waals surface area contributed by atoms with Crippen LogP contribution in [-0.4, -0.2) is 22.1 Å². The summed E-state index contributed by atoms with van der Waals surface area (Å²) < 4.78 is 74.2. The Morgan fingerprint density at radius 1 is 1.00 bits per heavy atom. The molecule has 118 valence electrons. The zero-order valence-electron chi connectivity index (χ0n) is 10.0. The van der Waals surface area contributed by atoms with E-state index in [-0.39, 0.29) is 12.0 Å². The fourth-order valence-electron chi connectivity index (χ4n) is 1.33. The number of halogens is 7. The highest BCUT2D eigenvalue weighted by atomic mass is 79.9. The zero-order valence-corrected chi connectivity index (χ0v) is 13.2. The Morgan fingerprint density at radius 2 is 1.52 bits per heavy atom. The zero-order chi connectivity index (χ0) is 16.3. The van der Waals surface area contributed by atoms with Crippen LogP contribution in [0, 0.1) is 0 Å². The number of Topliss-reactive ketones (excluding diaryl/α,β-unsaturated/α-hetero) is 1. The van der Waals surface area contributed by atoms with E-state index in [4.69, 9.17) is 0 Å². The first-order chi connectivity index (χ1) is 9.52. The maximum absolute atomic E-state index is 12.4. The van der Waals surface area contributed by atoms with Gasteiger partial charge in [0.2, 0.25) is 0 Å². The van der Waals surface area contributed by atoms with Crippen LogP contribution in [0.15, 0.2) is 28.0 Å². The molecule has 0 radical (unpaired) electrons. The molecule has 1 nitrogen and oxygen atoms in total.